The third-order valence-electron chi connectivity index (χ3n) is 4.40. The van der Waals surface area contributed by atoms with Gasteiger partial charge in [-0.2, -0.15) is 0 Å². The number of benzene rings is 2. The van der Waals surface area contributed by atoms with Crippen molar-refractivity contribution in [1.82, 2.24) is 4.98 Å². The Bertz CT molecular complexity index is 959. The van der Waals surface area contributed by atoms with E-state index < -0.39 is 0 Å². The van der Waals surface area contributed by atoms with Gasteiger partial charge in [0.15, 0.2) is 10.2 Å². The van der Waals surface area contributed by atoms with Gasteiger partial charge in [-0.1, -0.05) is 17.4 Å². The van der Waals surface area contributed by atoms with Crippen molar-refractivity contribution >= 4 is 55.4 Å². The number of aryl methyl sites for hydroxylation is 2. The van der Waals surface area contributed by atoms with E-state index in [9.17, 15) is 0 Å². The van der Waals surface area contributed by atoms with Gasteiger partial charge in [-0.3, -0.25) is 0 Å². The van der Waals surface area contributed by atoms with Crippen molar-refractivity contribution in [1.29, 1.82) is 0 Å². The van der Waals surface area contributed by atoms with Crippen LogP contribution in [0.4, 0.5) is 16.5 Å². The van der Waals surface area contributed by atoms with Gasteiger partial charge in [0, 0.05) is 24.5 Å². The van der Waals surface area contributed by atoms with E-state index in [0.29, 0.717) is 5.11 Å². The van der Waals surface area contributed by atoms with Crippen LogP contribution < -0.4 is 15.5 Å². The van der Waals surface area contributed by atoms with Crippen molar-refractivity contribution in [3.8, 4) is 0 Å². The van der Waals surface area contributed by atoms with Gasteiger partial charge < -0.3 is 20.3 Å². The highest BCUT2D eigenvalue weighted by Crippen LogP contribution is 2.31. The topological polar surface area (TPSA) is 49.4 Å². The summed E-state index contributed by atoms with van der Waals surface area (Å²) in [5, 5.41) is 8.18. The van der Waals surface area contributed by atoms with Crippen molar-refractivity contribution in [2.24, 2.45) is 0 Å². The molecule has 4 rings (SSSR count). The Morgan fingerprint density at radius 1 is 1.04 bits per heavy atom. The Labute approximate surface area is 168 Å². The number of hydrogen-bond donors (Lipinski definition) is 2. The Balaban J connectivity index is 1.47. The molecule has 5 nitrogen and oxygen atoms in total. The minimum atomic E-state index is 0.581. The molecule has 0 amide bonds. The summed E-state index contributed by atoms with van der Waals surface area (Å²) < 4.78 is 6.57. The molecule has 1 fully saturated rings. The molecule has 7 heteroatoms. The molecule has 1 saturated heterocycles. The lowest BCUT2D eigenvalue weighted by atomic mass is 10.1. The first-order valence-electron chi connectivity index (χ1n) is 8.96. The average Bonchev–Trinajstić information content (AvgIpc) is 3.05. The third kappa shape index (κ3) is 4.37. The normalized spacial score (nSPS) is 14.4. The number of anilines is 3. The maximum atomic E-state index is 5.48. The monoisotopic (exact) mass is 398 g/mol. The number of aromatic nitrogens is 1. The molecule has 2 aromatic carbocycles. The summed E-state index contributed by atoms with van der Waals surface area (Å²) in [4.78, 5) is 7.04. The van der Waals surface area contributed by atoms with E-state index in [1.54, 1.807) is 11.3 Å². The fraction of sp³-hybridized carbons (Fsp3) is 0.300. The predicted molar refractivity (Wildman–Crippen MR) is 118 cm³/mol. The van der Waals surface area contributed by atoms with Crippen LogP contribution in [0.2, 0.25) is 0 Å². The van der Waals surface area contributed by atoms with Crippen molar-refractivity contribution in [3.05, 3.63) is 47.5 Å². The number of fused-ring (bicyclic) bond motifs is 1. The van der Waals surface area contributed by atoms with Crippen molar-refractivity contribution in [2.75, 3.05) is 41.8 Å². The van der Waals surface area contributed by atoms with Gasteiger partial charge >= 0.3 is 0 Å². The molecule has 1 aliphatic rings. The summed E-state index contributed by atoms with van der Waals surface area (Å²) in [5.74, 6) is 0. The van der Waals surface area contributed by atoms with E-state index in [1.807, 2.05) is 12.1 Å². The van der Waals surface area contributed by atoms with Gasteiger partial charge in [0.05, 0.1) is 23.4 Å². The average molecular weight is 399 g/mol. The lowest BCUT2D eigenvalue weighted by Crippen LogP contribution is -2.36. The van der Waals surface area contributed by atoms with E-state index >= 15 is 0 Å². The first kappa shape index (κ1) is 18.2. The van der Waals surface area contributed by atoms with E-state index in [2.05, 4.69) is 53.6 Å². The summed E-state index contributed by atoms with van der Waals surface area (Å²) in [6.45, 7) is 7.49. The minimum Gasteiger partial charge on any atom is -0.378 e. The van der Waals surface area contributed by atoms with Crippen LogP contribution in [0.3, 0.4) is 0 Å². The molecule has 1 aromatic heterocycles. The standard InChI is InChI=1S/C20H22N4OS2/c1-13-9-14(2)11-16(10-13)22-19(26)21-15-3-4-17-18(12-15)27-20(23-17)24-5-7-25-8-6-24/h3-4,9-12H,5-8H2,1-2H3,(H2,21,22,26). The second kappa shape index (κ2) is 7.80. The highest BCUT2D eigenvalue weighted by molar-refractivity contribution is 7.80. The molecule has 3 aromatic rings. The molecule has 0 bridgehead atoms. The Hall–Kier alpha value is -2.22. The molecule has 0 saturated carbocycles. The molecular formula is C20H22N4OS2. The smallest absolute Gasteiger partial charge is 0.186 e. The van der Waals surface area contributed by atoms with Crippen LogP contribution in [0, 0.1) is 13.8 Å². The molecule has 0 aliphatic carbocycles. The second-order valence-corrected chi connectivity index (χ2v) is 8.15. The third-order valence-corrected chi connectivity index (χ3v) is 5.68. The first-order chi connectivity index (χ1) is 13.1. The van der Waals surface area contributed by atoms with Gasteiger partial charge in [0.25, 0.3) is 0 Å². The molecule has 0 radical (unpaired) electrons. The van der Waals surface area contributed by atoms with Gasteiger partial charge in [-0.15, -0.1) is 0 Å². The van der Waals surface area contributed by atoms with E-state index in [0.717, 1.165) is 53.0 Å². The van der Waals surface area contributed by atoms with Crippen LogP contribution in [-0.2, 0) is 4.74 Å². The van der Waals surface area contributed by atoms with Crippen LogP contribution in [0.15, 0.2) is 36.4 Å². The molecule has 140 valence electrons. The zero-order chi connectivity index (χ0) is 18.8. The van der Waals surface area contributed by atoms with Crippen molar-refractivity contribution in [3.63, 3.8) is 0 Å². The molecule has 27 heavy (non-hydrogen) atoms. The Morgan fingerprint density at radius 3 is 2.48 bits per heavy atom. The summed E-state index contributed by atoms with van der Waals surface area (Å²) in [7, 11) is 0. The van der Waals surface area contributed by atoms with Crippen LogP contribution in [-0.4, -0.2) is 36.4 Å². The van der Waals surface area contributed by atoms with E-state index in [4.69, 9.17) is 21.9 Å². The highest BCUT2D eigenvalue weighted by atomic mass is 32.1. The zero-order valence-corrected chi connectivity index (χ0v) is 17.0. The number of nitrogens with one attached hydrogen (secondary N) is 2. The van der Waals surface area contributed by atoms with Crippen LogP contribution in [0.1, 0.15) is 11.1 Å². The Kier molecular flexibility index (Phi) is 5.24. The summed E-state index contributed by atoms with van der Waals surface area (Å²) >= 11 is 7.19. The maximum absolute atomic E-state index is 5.48. The number of hydrogen-bond acceptors (Lipinski definition) is 5. The predicted octanol–water partition coefficient (Wildman–Crippen LogP) is 4.56. The number of morpholine rings is 1. The number of thiocarbonyl (C=S) groups is 1. The number of thiazole rings is 1. The van der Waals surface area contributed by atoms with E-state index in [-0.39, 0.29) is 0 Å². The molecule has 0 spiro atoms. The van der Waals surface area contributed by atoms with Gasteiger partial charge in [0.1, 0.15) is 0 Å². The minimum absolute atomic E-state index is 0.581. The summed E-state index contributed by atoms with van der Waals surface area (Å²) in [5.41, 5.74) is 5.39. The van der Waals surface area contributed by atoms with E-state index in [1.165, 1.54) is 11.1 Å². The lowest BCUT2D eigenvalue weighted by Gasteiger charge is -2.25. The Morgan fingerprint density at radius 2 is 1.74 bits per heavy atom. The molecule has 1 aliphatic heterocycles. The largest absolute Gasteiger partial charge is 0.378 e. The molecular weight excluding hydrogens is 376 g/mol. The summed E-state index contributed by atoms with van der Waals surface area (Å²) in [6, 6.07) is 12.5. The second-order valence-electron chi connectivity index (χ2n) is 6.73. The zero-order valence-electron chi connectivity index (χ0n) is 15.4. The van der Waals surface area contributed by atoms with Crippen LogP contribution >= 0.6 is 23.6 Å². The van der Waals surface area contributed by atoms with Gasteiger partial charge in [-0.25, -0.2) is 4.98 Å². The maximum Gasteiger partial charge on any atom is 0.186 e. The molecule has 2 N–H and O–H groups in total. The fourth-order valence-corrected chi connectivity index (χ4v) is 4.51. The van der Waals surface area contributed by atoms with Crippen molar-refractivity contribution < 1.29 is 4.74 Å². The number of nitrogens with zero attached hydrogens (tertiary/aromatic N) is 2. The van der Waals surface area contributed by atoms with Gasteiger partial charge in [0.2, 0.25) is 0 Å². The first-order valence-corrected chi connectivity index (χ1v) is 10.2. The highest BCUT2D eigenvalue weighted by Gasteiger charge is 2.15. The SMILES string of the molecule is Cc1cc(C)cc(NC(=S)Nc2ccc3nc(N4CCOCC4)sc3c2)c1. The quantitative estimate of drug-likeness (QED) is 0.631. The van der Waals surface area contributed by atoms with Crippen LogP contribution in [0.25, 0.3) is 10.2 Å². The van der Waals surface area contributed by atoms with Gasteiger partial charge in [-0.05, 0) is 67.5 Å². The molecule has 0 atom stereocenters. The van der Waals surface area contributed by atoms with Crippen molar-refractivity contribution in [2.45, 2.75) is 13.8 Å². The number of ether oxygens (including phenoxy) is 1. The summed E-state index contributed by atoms with van der Waals surface area (Å²) in [6.07, 6.45) is 0. The molecule has 2 heterocycles. The number of rotatable bonds is 3. The molecule has 0 unspecified atom stereocenters. The van der Waals surface area contributed by atoms with Crippen LogP contribution in [0.5, 0.6) is 0 Å². The fourth-order valence-electron chi connectivity index (χ4n) is 3.22. The lowest BCUT2D eigenvalue weighted by molar-refractivity contribution is 0.122.